The zero-order chi connectivity index (χ0) is 14.7. The Morgan fingerprint density at radius 1 is 1.19 bits per heavy atom. The second-order valence-electron chi connectivity index (χ2n) is 5.34. The summed E-state index contributed by atoms with van der Waals surface area (Å²) in [5.41, 5.74) is 2.13. The Balaban J connectivity index is 1.64. The Morgan fingerprint density at radius 3 is 2.62 bits per heavy atom. The highest BCUT2D eigenvalue weighted by atomic mass is 16.5. The molecule has 110 valence electrons. The Bertz CT molecular complexity index is 608. The zero-order valence-corrected chi connectivity index (χ0v) is 12.4. The Hall–Kier alpha value is -2.30. The molecule has 1 fully saturated rings. The van der Waals surface area contributed by atoms with Crippen molar-refractivity contribution in [2.75, 3.05) is 17.7 Å². The van der Waals surface area contributed by atoms with E-state index in [1.54, 1.807) is 7.11 Å². The lowest BCUT2D eigenvalue weighted by Gasteiger charge is -2.09. The summed E-state index contributed by atoms with van der Waals surface area (Å²) in [7, 11) is 1.67. The van der Waals surface area contributed by atoms with E-state index < -0.39 is 0 Å². The van der Waals surface area contributed by atoms with Gasteiger partial charge in [0.15, 0.2) is 0 Å². The van der Waals surface area contributed by atoms with Crippen molar-refractivity contribution in [3.05, 3.63) is 41.6 Å². The molecule has 0 spiro atoms. The fourth-order valence-corrected chi connectivity index (χ4v) is 2.08. The average molecular weight is 284 g/mol. The van der Waals surface area contributed by atoms with E-state index >= 15 is 0 Å². The lowest BCUT2D eigenvalue weighted by Crippen LogP contribution is -2.09. The van der Waals surface area contributed by atoms with E-state index in [2.05, 4.69) is 20.6 Å². The lowest BCUT2D eigenvalue weighted by atomic mass is 10.2. The van der Waals surface area contributed by atoms with Gasteiger partial charge in [0, 0.05) is 24.3 Å². The van der Waals surface area contributed by atoms with Crippen LogP contribution in [0.15, 0.2) is 30.3 Å². The van der Waals surface area contributed by atoms with E-state index in [-0.39, 0.29) is 0 Å². The molecule has 21 heavy (non-hydrogen) atoms. The Labute approximate surface area is 124 Å². The minimum atomic E-state index is 0.591. The topological polar surface area (TPSA) is 59.1 Å². The van der Waals surface area contributed by atoms with Crippen LogP contribution in [0.3, 0.4) is 0 Å². The first-order valence-electron chi connectivity index (χ1n) is 7.22. The quantitative estimate of drug-likeness (QED) is 0.854. The minimum absolute atomic E-state index is 0.591. The van der Waals surface area contributed by atoms with Crippen molar-refractivity contribution in [2.45, 2.75) is 32.4 Å². The molecule has 5 nitrogen and oxygen atoms in total. The summed E-state index contributed by atoms with van der Waals surface area (Å²) in [5, 5.41) is 6.67. The predicted molar refractivity (Wildman–Crippen MR) is 83.7 cm³/mol. The van der Waals surface area contributed by atoms with Gasteiger partial charge < -0.3 is 15.4 Å². The van der Waals surface area contributed by atoms with Crippen LogP contribution in [0.4, 0.5) is 11.8 Å². The van der Waals surface area contributed by atoms with Crippen LogP contribution in [0, 0.1) is 6.92 Å². The van der Waals surface area contributed by atoms with Gasteiger partial charge in [-0.2, -0.15) is 4.98 Å². The number of aromatic nitrogens is 2. The number of benzene rings is 1. The second kappa shape index (κ2) is 5.99. The third kappa shape index (κ3) is 3.84. The van der Waals surface area contributed by atoms with Gasteiger partial charge in [-0.25, -0.2) is 4.98 Å². The highest BCUT2D eigenvalue weighted by Gasteiger charge is 2.21. The SMILES string of the molecule is COc1ccc(CNc2nc(C)cc(NC3CC3)n2)cc1. The van der Waals surface area contributed by atoms with E-state index in [9.17, 15) is 0 Å². The fraction of sp³-hybridized carbons (Fsp3) is 0.375. The largest absolute Gasteiger partial charge is 0.497 e. The molecule has 0 bridgehead atoms. The number of rotatable bonds is 6. The normalized spacial score (nSPS) is 13.8. The van der Waals surface area contributed by atoms with Gasteiger partial charge in [0.2, 0.25) is 5.95 Å². The van der Waals surface area contributed by atoms with Gasteiger partial charge in [0.25, 0.3) is 0 Å². The van der Waals surface area contributed by atoms with E-state index in [0.29, 0.717) is 18.5 Å². The average Bonchev–Trinajstić information content (AvgIpc) is 3.29. The Kier molecular flexibility index (Phi) is 3.90. The number of nitrogens with one attached hydrogen (secondary N) is 2. The van der Waals surface area contributed by atoms with Crippen LogP contribution in [-0.2, 0) is 6.54 Å². The maximum atomic E-state index is 5.15. The number of aryl methyl sites for hydroxylation is 1. The van der Waals surface area contributed by atoms with Crippen LogP contribution in [0.1, 0.15) is 24.1 Å². The standard InChI is InChI=1S/C16H20N4O/c1-11-9-15(19-13-5-6-13)20-16(18-11)17-10-12-3-7-14(21-2)8-4-12/h3-4,7-9,13H,5-6,10H2,1-2H3,(H2,17,18,19,20). The van der Waals surface area contributed by atoms with Crippen molar-refractivity contribution in [3.8, 4) is 5.75 Å². The van der Waals surface area contributed by atoms with E-state index in [1.807, 2.05) is 37.3 Å². The van der Waals surface area contributed by atoms with Gasteiger partial charge in [-0.15, -0.1) is 0 Å². The van der Waals surface area contributed by atoms with Crippen molar-refractivity contribution >= 4 is 11.8 Å². The monoisotopic (exact) mass is 284 g/mol. The van der Waals surface area contributed by atoms with Gasteiger partial charge >= 0.3 is 0 Å². The summed E-state index contributed by atoms with van der Waals surface area (Å²) in [5.74, 6) is 2.43. The lowest BCUT2D eigenvalue weighted by molar-refractivity contribution is 0.414. The number of hydrogen-bond donors (Lipinski definition) is 2. The molecular weight excluding hydrogens is 264 g/mol. The van der Waals surface area contributed by atoms with Crippen LogP contribution in [0.2, 0.25) is 0 Å². The maximum Gasteiger partial charge on any atom is 0.225 e. The number of ether oxygens (including phenoxy) is 1. The van der Waals surface area contributed by atoms with Crippen molar-refractivity contribution in [1.29, 1.82) is 0 Å². The first kappa shape index (κ1) is 13.7. The molecule has 0 aliphatic heterocycles. The molecule has 1 aromatic carbocycles. The van der Waals surface area contributed by atoms with Gasteiger partial charge in [-0.05, 0) is 37.5 Å². The third-order valence-corrected chi connectivity index (χ3v) is 3.39. The van der Waals surface area contributed by atoms with Crippen molar-refractivity contribution in [3.63, 3.8) is 0 Å². The number of anilines is 2. The molecule has 2 N–H and O–H groups in total. The molecule has 0 radical (unpaired) electrons. The van der Waals surface area contributed by atoms with Gasteiger partial charge in [0.1, 0.15) is 11.6 Å². The maximum absolute atomic E-state index is 5.15. The highest BCUT2D eigenvalue weighted by molar-refractivity contribution is 5.44. The molecule has 3 rings (SSSR count). The molecule has 2 aromatic rings. The smallest absolute Gasteiger partial charge is 0.225 e. The van der Waals surface area contributed by atoms with Gasteiger partial charge in [-0.3, -0.25) is 0 Å². The summed E-state index contributed by atoms with van der Waals surface area (Å²) in [6, 6.07) is 10.5. The first-order chi connectivity index (χ1) is 10.2. The van der Waals surface area contributed by atoms with Crippen LogP contribution in [0.25, 0.3) is 0 Å². The van der Waals surface area contributed by atoms with Gasteiger partial charge in [-0.1, -0.05) is 12.1 Å². The Morgan fingerprint density at radius 2 is 1.95 bits per heavy atom. The predicted octanol–water partition coefficient (Wildman–Crippen LogP) is 2.98. The molecule has 0 amide bonds. The third-order valence-electron chi connectivity index (χ3n) is 3.39. The number of nitrogens with zero attached hydrogens (tertiary/aromatic N) is 2. The van der Waals surface area contributed by atoms with Crippen LogP contribution >= 0.6 is 0 Å². The molecular formula is C16H20N4O. The summed E-state index contributed by atoms with van der Waals surface area (Å²) in [6.07, 6.45) is 2.47. The zero-order valence-electron chi connectivity index (χ0n) is 12.4. The molecule has 0 atom stereocenters. The number of methoxy groups -OCH3 is 1. The van der Waals surface area contributed by atoms with Crippen LogP contribution in [0.5, 0.6) is 5.75 Å². The molecule has 1 aliphatic carbocycles. The van der Waals surface area contributed by atoms with Crippen molar-refractivity contribution in [2.24, 2.45) is 0 Å². The van der Waals surface area contributed by atoms with E-state index in [1.165, 1.54) is 12.8 Å². The molecule has 5 heteroatoms. The first-order valence-corrected chi connectivity index (χ1v) is 7.22. The van der Waals surface area contributed by atoms with Crippen molar-refractivity contribution in [1.82, 2.24) is 9.97 Å². The van der Waals surface area contributed by atoms with Crippen LogP contribution < -0.4 is 15.4 Å². The molecule has 0 unspecified atom stereocenters. The summed E-state index contributed by atoms with van der Waals surface area (Å²) in [4.78, 5) is 8.93. The minimum Gasteiger partial charge on any atom is -0.497 e. The second-order valence-corrected chi connectivity index (χ2v) is 5.34. The van der Waals surface area contributed by atoms with E-state index in [0.717, 1.165) is 22.8 Å². The fourth-order valence-electron chi connectivity index (χ4n) is 2.08. The van der Waals surface area contributed by atoms with Crippen molar-refractivity contribution < 1.29 is 4.74 Å². The summed E-state index contributed by atoms with van der Waals surface area (Å²) < 4.78 is 5.15. The summed E-state index contributed by atoms with van der Waals surface area (Å²) >= 11 is 0. The molecule has 1 heterocycles. The molecule has 1 aliphatic rings. The highest BCUT2D eigenvalue weighted by Crippen LogP contribution is 2.24. The van der Waals surface area contributed by atoms with Crippen LogP contribution in [-0.4, -0.2) is 23.1 Å². The summed E-state index contributed by atoms with van der Waals surface area (Å²) in [6.45, 7) is 2.68. The van der Waals surface area contributed by atoms with E-state index in [4.69, 9.17) is 4.74 Å². The number of hydrogen-bond acceptors (Lipinski definition) is 5. The molecule has 0 saturated heterocycles. The molecule has 1 saturated carbocycles. The van der Waals surface area contributed by atoms with Gasteiger partial charge in [0.05, 0.1) is 7.11 Å². The molecule has 1 aromatic heterocycles.